The molecule has 0 spiro atoms. The highest BCUT2D eigenvalue weighted by Crippen LogP contribution is 2.26. The molecule has 0 aliphatic rings. The van der Waals surface area contributed by atoms with Crippen molar-refractivity contribution in [1.82, 2.24) is 0 Å². The van der Waals surface area contributed by atoms with Crippen molar-refractivity contribution < 1.29 is 8.78 Å². The average Bonchev–Trinajstić information content (AvgIpc) is 2.38. The lowest BCUT2D eigenvalue weighted by atomic mass is 9.99. The van der Waals surface area contributed by atoms with Gasteiger partial charge in [-0.1, -0.05) is 41.4 Å². The fourth-order valence-corrected chi connectivity index (χ4v) is 2.20. The van der Waals surface area contributed by atoms with E-state index in [4.69, 9.17) is 28.9 Å². The maximum Gasteiger partial charge on any atom is 0.142 e. The van der Waals surface area contributed by atoms with Crippen molar-refractivity contribution in [2.75, 3.05) is 0 Å². The molecular weight excluding hydrogens is 291 g/mol. The van der Waals surface area contributed by atoms with Crippen LogP contribution in [0.2, 0.25) is 10.0 Å². The summed E-state index contributed by atoms with van der Waals surface area (Å²) in [5.74, 6) is -0.982. The van der Waals surface area contributed by atoms with Crippen molar-refractivity contribution in [3.05, 3.63) is 69.2 Å². The molecule has 100 valence electrons. The summed E-state index contributed by atoms with van der Waals surface area (Å²) in [7, 11) is 0. The Labute approximate surface area is 119 Å². The maximum absolute atomic E-state index is 13.3. The topological polar surface area (TPSA) is 26.0 Å². The summed E-state index contributed by atoms with van der Waals surface area (Å²) in [6.07, 6.45) is 0.346. The third-order valence-electron chi connectivity index (χ3n) is 2.84. The Balaban J connectivity index is 2.23. The summed E-state index contributed by atoms with van der Waals surface area (Å²) < 4.78 is 26.4. The van der Waals surface area contributed by atoms with Gasteiger partial charge in [0, 0.05) is 6.04 Å². The predicted molar refractivity (Wildman–Crippen MR) is 73.5 cm³/mol. The van der Waals surface area contributed by atoms with Gasteiger partial charge in [-0.2, -0.15) is 0 Å². The molecule has 1 atom stereocenters. The van der Waals surface area contributed by atoms with Crippen LogP contribution in [-0.4, -0.2) is 0 Å². The number of nitrogens with two attached hydrogens (primary N) is 1. The zero-order valence-electron chi connectivity index (χ0n) is 9.84. The number of benzene rings is 2. The van der Waals surface area contributed by atoms with Gasteiger partial charge in [-0.3, -0.25) is 0 Å². The highest BCUT2D eigenvalue weighted by atomic mass is 35.5. The summed E-state index contributed by atoms with van der Waals surface area (Å²) >= 11 is 11.6. The number of halogens is 4. The summed E-state index contributed by atoms with van der Waals surface area (Å²) in [4.78, 5) is 0. The van der Waals surface area contributed by atoms with Crippen LogP contribution in [-0.2, 0) is 6.42 Å². The van der Waals surface area contributed by atoms with Crippen LogP contribution in [0.5, 0.6) is 0 Å². The van der Waals surface area contributed by atoms with Crippen LogP contribution in [0.4, 0.5) is 8.78 Å². The van der Waals surface area contributed by atoms with E-state index in [2.05, 4.69) is 0 Å². The third kappa shape index (κ3) is 3.24. The minimum absolute atomic E-state index is 0.0123. The van der Waals surface area contributed by atoms with E-state index in [1.54, 1.807) is 18.2 Å². The first-order chi connectivity index (χ1) is 8.99. The van der Waals surface area contributed by atoms with Crippen molar-refractivity contribution in [3.63, 3.8) is 0 Å². The van der Waals surface area contributed by atoms with Crippen LogP contribution < -0.4 is 5.73 Å². The van der Waals surface area contributed by atoms with Gasteiger partial charge >= 0.3 is 0 Å². The number of hydrogen-bond donors (Lipinski definition) is 1. The van der Waals surface area contributed by atoms with E-state index < -0.39 is 17.7 Å². The second-order valence-electron chi connectivity index (χ2n) is 4.20. The van der Waals surface area contributed by atoms with Crippen LogP contribution in [0.15, 0.2) is 36.4 Å². The normalized spacial score (nSPS) is 12.5. The van der Waals surface area contributed by atoms with Crippen molar-refractivity contribution in [3.8, 4) is 0 Å². The molecule has 19 heavy (non-hydrogen) atoms. The van der Waals surface area contributed by atoms with Crippen LogP contribution in [0.25, 0.3) is 0 Å². The molecule has 1 nitrogen and oxygen atoms in total. The zero-order chi connectivity index (χ0) is 14.0. The van der Waals surface area contributed by atoms with Gasteiger partial charge in [0.15, 0.2) is 0 Å². The van der Waals surface area contributed by atoms with Gasteiger partial charge in [0.25, 0.3) is 0 Å². The van der Waals surface area contributed by atoms with Crippen molar-refractivity contribution in [1.29, 1.82) is 0 Å². The first-order valence-electron chi connectivity index (χ1n) is 5.62. The Bertz CT molecular complexity index is 602. The van der Waals surface area contributed by atoms with Gasteiger partial charge in [0.1, 0.15) is 11.6 Å². The molecular formula is C14H11Cl2F2N. The molecule has 0 amide bonds. The van der Waals surface area contributed by atoms with Gasteiger partial charge < -0.3 is 5.73 Å². The van der Waals surface area contributed by atoms with E-state index in [-0.39, 0.29) is 10.0 Å². The molecule has 2 aromatic carbocycles. The lowest BCUT2D eigenvalue weighted by Crippen LogP contribution is -2.14. The molecule has 0 saturated carbocycles. The van der Waals surface area contributed by atoms with Crippen molar-refractivity contribution >= 4 is 23.2 Å². The molecule has 0 aromatic heterocycles. The van der Waals surface area contributed by atoms with E-state index in [9.17, 15) is 8.78 Å². The molecule has 2 N–H and O–H groups in total. The Morgan fingerprint density at radius 3 is 2.47 bits per heavy atom. The summed E-state index contributed by atoms with van der Waals surface area (Å²) in [5, 5.41) is 0.0736. The van der Waals surface area contributed by atoms with E-state index in [0.29, 0.717) is 17.5 Å². The van der Waals surface area contributed by atoms with Gasteiger partial charge in [-0.25, -0.2) is 8.78 Å². The predicted octanol–water partition coefficient (Wildman–Crippen LogP) is 4.51. The molecule has 0 aliphatic heterocycles. The minimum atomic E-state index is -0.499. The molecule has 0 fully saturated rings. The molecule has 0 saturated heterocycles. The summed E-state index contributed by atoms with van der Waals surface area (Å²) in [6, 6.07) is 8.40. The van der Waals surface area contributed by atoms with Gasteiger partial charge in [0.05, 0.1) is 10.0 Å². The molecule has 0 radical (unpaired) electrons. The highest BCUT2D eigenvalue weighted by molar-refractivity contribution is 6.31. The Morgan fingerprint density at radius 1 is 1.05 bits per heavy atom. The highest BCUT2D eigenvalue weighted by Gasteiger charge is 2.13. The quantitative estimate of drug-likeness (QED) is 0.886. The summed E-state index contributed by atoms with van der Waals surface area (Å²) in [5.41, 5.74) is 7.28. The van der Waals surface area contributed by atoms with Crippen molar-refractivity contribution in [2.45, 2.75) is 12.5 Å². The first-order valence-corrected chi connectivity index (χ1v) is 6.38. The van der Waals surface area contributed by atoms with Crippen LogP contribution >= 0.6 is 23.2 Å². The molecule has 2 rings (SSSR count). The Kier molecular flexibility index (Phi) is 4.40. The molecule has 0 bridgehead atoms. The van der Waals surface area contributed by atoms with Crippen molar-refractivity contribution in [2.24, 2.45) is 5.73 Å². The van der Waals surface area contributed by atoms with Gasteiger partial charge in [-0.05, 0) is 35.7 Å². The molecule has 0 aliphatic carbocycles. The monoisotopic (exact) mass is 301 g/mol. The fourth-order valence-electron chi connectivity index (χ4n) is 1.80. The number of rotatable bonds is 3. The Hall–Kier alpha value is -1.16. The fraction of sp³-hybridized carbons (Fsp3) is 0.143. The van der Waals surface area contributed by atoms with Crippen LogP contribution in [0, 0.1) is 11.6 Å². The lowest BCUT2D eigenvalue weighted by molar-refractivity contribution is 0.620. The van der Waals surface area contributed by atoms with Gasteiger partial charge in [0.2, 0.25) is 0 Å². The SMILES string of the molecule is NC(Cc1cccc(F)c1Cl)c1ccc(F)c(Cl)c1. The molecule has 0 heterocycles. The second kappa shape index (κ2) is 5.87. The zero-order valence-corrected chi connectivity index (χ0v) is 11.3. The standard InChI is InChI=1S/C14H11Cl2F2N/c15-10-6-8(4-5-11(10)17)13(19)7-9-2-1-3-12(18)14(9)16/h1-6,13H,7,19H2. The second-order valence-corrected chi connectivity index (χ2v) is 4.98. The maximum atomic E-state index is 13.3. The largest absolute Gasteiger partial charge is 0.324 e. The van der Waals surface area contributed by atoms with E-state index in [0.717, 1.165) is 0 Å². The third-order valence-corrected chi connectivity index (χ3v) is 3.56. The van der Waals surface area contributed by atoms with Crippen LogP contribution in [0.3, 0.4) is 0 Å². The number of hydrogen-bond acceptors (Lipinski definition) is 1. The molecule has 5 heteroatoms. The van der Waals surface area contributed by atoms with E-state index >= 15 is 0 Å². The van der Waals surface area contributed by atoms with Gasteiger partial charge in [-0.15, -0.1) is 0 Å². The average molecular weight is 302 g/mol. The van der Waals surface area contributed by atoms with E-state index in [1.165, 1.54) is 18.2 Å². The first kappa shape index (κ1) is 14.3. The van der Waals surface area contributed by atoms with Crippen LogP contribution in [0.1, 0.15) is 17.2 Å². The lowest BCUT2D eigenvalue weighted by Gasteiger charge is -2.14. The summed E-state index contributed by atoms with van der Waals surface area (Å²) in [6.45, 7) is 0. The molecule has 1 unspecified atom stereocenters. The minimum Gasteiger partial charge on any atom is -0.324 e. The molecule has 2 aromatic rings. The van der Waals surface area contributed by atoms with E-state index in [1.807, 2.05) is 0 Å². The smallest absolute Gasteiger partial charge is 0.142 e. The Morgan fingerprint density at radius 2 is 1.79 bits per heavy atom.